The quantitative estimate of drug-likeness (QED) is 0.848. The maximum atomic E-state index is 5.66. The molecule has 2 aromatic rings. The molecule has 96 valence electrons. The Hall–Kier alpha value is -1.68. The number of nitrogens with zero attached hydrogens (tertiary/aromatic N) is 2. The molecule has 4 heteroatoms. The fourth-order valence-electron chi connectivity index (χ4n) is 1.97. The molecule has 0 radical (unpaired) electrons. The summed E-state index contributed by atoms with van der Waals surface area (Å²) in [5.74, 6) is 0.812. The van der Waals surface area contributed by atoms with Gasteiger partial charge in [0.2, 0.25) is 0 Å². The van der Waals surface area contributed by atoms with Gasteiger partial charge in [-0.15, -0.1) is 0 Å². The van der Waals surface area contributed by atoms with Crippen LogP contribution in [0.1, 0.15) is 26.7 Å². The Balaban J connectivity index is 2.26. The number of nitrogens with two attached hydrogens (primary N) is 1. The summed E-state index contributed by atoms with van der Waals surface area (Å²) in [6, 6.07) is 7.87. The van der Waals surface area contributed by atoms with Gasteiger partial charge < -0.3 is 11.1 Å². The molecule has 18 heavy (non-hydrogen) atoms. The normalized spacial score (nSPS) is 14.4. The topological polar surface area (TPSA) is 63.8 Å². The first-order valence-electron chi connectivity index (χ1n) is 6.37. The Kier molecular flexibility index (Phi) is 3.77. The van der Waals surface area contributed by atoms with Gasteiger partial charge in [0.25, 0.3) is 0 Å². The zero-order valence-electron chi connectivity index (χ0n) is 11.0. The average Bonchev–Trinajstić information content (AvgIpc) is 2.39. The third-order valence-electron chi connectivity index (χ3n) is 3.35. The number of para-hydroxylation sites is 2. The molecule has 4 nitrogen and oxygen atoms in total. The van der Waals surface area contributed by atoms with Gasteiger partial charge in [-0.1, -0.05) is 19.1 Å². The number of anilines is 1. The Morgan fingerprint density at radius 2 is 2.00 bits per heavy atom. The smallest absolute Gasteiger partial charge is 0.145 e. The Labute approximate surface area is 108 Å². The molecule has 0 aliphatic heterocycles. The van der Waals surface area contributed by atoms with Crippen LogP contribution in [0.3, 0.4) is 0 Å². The second-order valence-corrected chi connectivity index (χ2v) is 4.82. The zero-order valence-corrected chi connectivity index (χ0v) is 11.0. The van der Waals surface area contributed by atoms with Crippen LogP contribution in [0, 0.1) is 0 Å². The van der Waals surface area contributed by atoms with Gasteiger partial charge in [-0.3, -0.25) is 4.98 Å². The summed E-state index contributed by atoms with van der Waals surface area (Å²) in [6.45, 7) is 4.98. The van der Waals surface area contributed by atoms with Crippen molar-refractivity contribution in [1.29, 1.82) is 0 Å². The minimum absolute atomic E-state index is 0.0219. The van der Waals surface area contributed by atoms with Crippen molar-refractivity contribution < 1.29 is 0 Å². The molecule has 0 aliphatic rings. The minimum Gasteiger partial charge on any atom is -0.364 e. The van der Waals surface area contributed by atoms with Crippen molar-refractivity contribution in [2.24, 2.45) is 5.73 Å². The lowest BCUT2D eigenvalue weighted by Gasteiger charge is -2.29. The molecule has 0 saturated carbocycles. The van der Waals surface area contributed by atoms with Gasteiger partial charge in [0.1, 0.15) is 5.82 Å². The minimum atomic E-state index is -0.0219. The molecule has 0 saturated heterocycles. The summed E-state index contributed by atoms with van der Waals surface area (Å²) in [5.41, 5.74) is 7.46. The van der Waals surface area contributed by atoms with E-state index in [0.717, 1.165) is 29.7 Å². The predicted octanol–water partition coefficient (Wildman–Crippen LogP) is 2.56. The van der Waals surface area contributed by atoms with Gasteiger partial charge >= 0.3 is 0 Å². The summed E-state index contributed by atoms with van der Waals surface area (Å²) in [7, 11) is 0. The molecule has 2 rings (SSSR count). The molecule has 0 bridgehead atoms. The van der Waals surface area contributed by atoms with Gasteiger partial charge in [-0.05, 0) is 38.4 Å². The highest BCUT2D eigenvalue weighted by atomic mass is 15.1. The number of rotatable bonds is 5. The largest absolute Gasteiger partial charge is 0.364 e. The van der Waals surface area contributed by atoms with E-state index in [1.165, 1.54) is 0 Å². The van der Waals surface area contributed by atoms with Crippen LogP contribution in [0.2, 0.25) is 0 Å². The van der Waals surface area contributed by atoms with Gasteiger partial charge in [-0.25, -0.2) is 4.98 Å². The first-order valence-corrected chi connectivity index (χ1v) is 6.37. The number of nitrogens with one attached hydrogen (secondary N) is 1. The highest BCUT2D eigenvalue weighted by molar-refractivity contribution is 5.75. The lowest BCUT2D eigenvalue weighted by molar-refractivity contribution is 0.462. The van der Waals surface area contributed by atoms with Crippen LogP contribution in [0.4, 0.5) is 5.82 Å². The second kappa shape index (κ2) is 5.31. The molecule has 1 atom stereocenters. The van der Waals surface area contributed by atoms with E-state index < -0.39 is 0 Å². The van der Waals surface area contributed by atoms with E-state index in [0.29, 0.717) is 6.54 Å². The third-order valence-corrected chi connectivity index (χ3v) is 3.35. The van der Waals surface area contributed by atoms with Gasteiger partial charge in [0, 0.05) is 5.54 Å². The van der Waals surface area contributed by atoms with Crippen LogP contribution < -0.4 is 11.1 Å². The van der Waals surface area contributed by atoms with Crippen LogP contribution >= 0.6 is 0 Å². The Morgan fingerprint density at radius 1 is 1.28 bits per heavy atom. The van der Waals surface area contributed by atoms with E-state index >= 15 is 0 Å². The summed E-state index contributed by atoms with van der Waals surface area (Å²) in [5, 5.41) is 3.44. The number of fused-ring (bicyclic) bond motifs is 1. The number of benzene rings is 1. The van der Waals surface area contributed by atoms with Crippen LogP contribution in [-0.2, 0) is 0 Å². The van der Waals surface area contributed by atoms with Crippen molar-refractivity contribution in [2.75, 3.05) is 11.9 Å². The van der Waals surface area contributed by atoms with Crippen molar-refractivity contribution >= 4 is 16.9 Å². The molecule has 1 aromatic carbocycles. The van der Waals surface area contributed by atoms with Crippen LogP contribution in [0.5, 0.6) is 0 Å². The lowest BCUT2D eigenvalue weighted by Crippen LogP contribution is -2.36. The van der Waals surface area contributed by atoms with E-state index in [4.69, 9.17) is 5.73 Å². The van der Waals surface area contributed by atoms with Crippen LogP contribution in [0.15, 0.2) is 30.5 Å². The van der Waals surface area contributed by atoms with Crippen LogP contribution in [0.25, 0.3) is 11.0 Å². The van der Waals surface area contributed by atoms with Crippen molar-refractivity contribution in [3.05, 3.63) is 30.5 Å². The standard InChI is InChI=1S/C14H20N4/c1-3-14(2,8-9-15)18-13-10-16-11-6-4-5-7-12(11)17-13/h4-7,10H,3,8-9,15H2,1-2H3,(H,17,18). The van der Waals surface area contributed by atoms with E-state index in [9.17, 15) is 0 Å². The monoisotopic (exact) mass is 244 g/mol. The van der Waals surface area contributed by atoms with Gasteiger partial charge in [0.15, 0.2) is 0 Å². The molecule has 1 aromatic heterocycles. The summed E-state index contributed by atoms with van der Waals surface area (Å²) < 4.78 is 0. The molecule has 0 amide bonds. The molecular weight excluding hydrogens is 224 g/mol. The fraction of sp³-hybridized carbons (Fsp3) is 0.429. The summed E-state index contributed by atoms with van der Waals surface area (Å²) >= 11 is 0. The van der Waals surface area contributed by atoms with E-state index in [2.05, 4.69) is 29.1 Å². The van der Waals surface area contributed by atoms with Gasteiger partial charge in [0.05, 0.1) is 17.2 Å². The second-order valence-electron chi connectivity index (χ2n) is 4.82. The van der Waals surface area contributed by atoms with Crippen molar-refractivity contribution in [3.8, 4) is 0 Å². The van der Waals surface area contributed by atoms with Crippen LogP contribution in [-0.4, -0.2) is 22.1 Å². The summed E-state index contributed by atoms with van der Waals surface area (Å²) in [6.07, 6.45) is 3.70. The van der Waals surface area contributed by atoms with Crippen molar-refractivity contribution in [3.63, 3.8) is 0 Å². The molecule has 0 aliphatic carbocycles. The first kappa shape index (κ1) is 12.8. The third kappa shape index (κ3) is 2.76. The van der Waals surface area contributed by atoms with Crippen molar-refractivity contribution in [2.45, 2.75) is 32.2 Å². The lowest BCUT2D eigenvalue weighted by atomic mass is 9.94. The maximum absolute atomic E-state index is 5.66. The maximum Gasteiger partial charge on any atom is 0.145 e. The highest BCUT2D eigenvalue weighted by Gasteiger charge is 2.21. The number of hydrogen-bond donors (Lipinski definition) is 2. The SMILES string of the molecule is CCC(C)(CCN)Nc1cnc2ccccc2n1. The van der Waals surface area contributed by atoms with E-state index in [1.807, 2.05) is 24.3 Å². The Morgan fingerprint density at radius 3 is 2.67 bits per heavy atom. The Bertz CT molecular complexity index is 526. The van der Waals surface area contributed by atoms with Crippen molar-refractivity contribution in [1.82, 2.24) is 9.97 Å². The fourth-order valence-corrected chi connectivity index (χ4v) is 1.97. The number of hydrogen-bond acceptors (Lipinski definition) is 4. The molecular formula is C14H20N4. The predicted molar refractivity (Wildman–Crippen MR) is 75.5 cm³/mol. The molecule has 0 spiro atoms. The number of aromatic nitrogens is 2. The molecule has 1 unspecified atom stereocenters. The van der Waals surface area contributed by atoms with E-state index in [1.54, 1.807) is 6.20 Å². The highest BCUT2D eigenvalue weighted by Crippen LogP contribution is 2.21. The van der Waals surface area contributed by atoms with Gasteiger partial charge in [-0.2, -0.15) is 0 Å². The molecule has 0 fully saturated rings. The summed E-state index contributed by atoms with van der Waals surface area (Å²) in [4.78, 5) is 8.98. The molecule has 1 heterocycles. The van der Waals surface area contributed by atoms with E-state index in [-0.39, 0.29) is 5.54 Å². The average molecular weight is 244 g/mol. The zero-order chi connectivity index (χ0) is 13.0. The first-order chi connectivity index (χ1) is 8.67. The molecule has 3 N–H and O–H groups in total.